The highest BCUT2D eigenvalue weighted by molar-refractivity contribution is 7.09. The highest BCUT2D eigenvalue weighted by Gasteiger charge is 2.24. The molecule has 0 bridgehead atoms. The van der Waals surface area contributed by atoms with Gasteiger partial charge >= 0.3 is 0 Å². The van der Waals surface area contributed by atoms with Gasteiger partial charge in [0.1, 0.15) is 0 Å². The minimum atomic E-state index is 0.111. The quantitative estimate of drug-likeness (QED) is 0.876. The van der Waals surface area contributed by atoms with E-state index in [1.807, 2.05) is 0 Å². The van der Waals surface area contributed by atoms with Gasteiger partial charge in [0.05, 0.1) is 10.7 Å². The highest BCUT2D eigenvalue weighted by Crippen LogP contribution is 2.23. The smallest absolute Gasteiger partial charge is 0.223 e. The van der Waals surface area contributed by atoms with Crippen LogP contribution < -0.4 is 11.1 Å². The monoisotopic (exact) mass is 295 g/mol. The Morgan fingerprint density at radius 2 is 2.35 bits per heavy atom. The molecule has 3 N–H and O–H groups in total. The molecule has 2 unspecified atom stereocenters. The Bertz CT molecular complexity index is 444. The van der Waals surface area contributed by atoms with E-state index in [1.165, 1.54) is 5.01 Å². The van der Waals surface area contributed by atoms with E-state index < -0.39 is 0 Å². The number of nitrogens with two attached hydrogens (primary N) is 1. The Balaban J connectivity index is 1.73. The molecule has 1 heterocycles. The summed E-state index contributed by atoms with van der Waals surface area (Å²) in [6.45, 7) is 4.97. The second-order valence-corrected chi connectivity index (χ2v) is 6.89. The summed E-state index contributed by atoms with van der Waals surface area (Å²) in [4.78, 5) is 16.6. The van der Waals surface area contributed by atoms with Gasteiger partial charge in [-0.2, -0.15) is 0 Å². The van der Waals surface area contributed by atoms with Crippen molar-refractivity contribution in [2.45, 2.75) is 57.9 Å². The van der Waals surface area contributed by atoms with Gasteiger partial charge in [-0.1, -0.05) is 20.3 Å². The highest BCUT2D eigenvalue weighted by atomic mass is 32.1. The molecule has 1 aliphatic rings. The van der Waals surface area contributed by atoms with Crippen LogP contribution in [-0.4, -0.2) is 23.5 Å². The van der Waals surface area contributed by atoms with Crippen LogP contribution >= 0.6 is 11.3 Å². The molecule has 5 heteroatoms. The van der Waals surface area contributed by atoms with Crippen molar-refractivity contribution in [1.82, 2.24) is 10.3 Å². The number of hydrogen-bond acceptors (Lipinski definition) is 4. The molecule has 1 aromatic heterocycles. The van der Waals surface area contributed by atoms with Gasteiger partial charge < -0.3 is 11.1 Å². The second kappa shape index (κ2) is 7.18. The Morgan fingerprint density at radius 1 is 1.55 bits per heavy atom. The maximum Gasteiger partial charge on any atom is 0.223 e. The molecule has 1 fully saturated rings. The Hall–Kier alpha value is -0.940. The maximum atomic E-state index is 12.1. The molecule has 2 rings (SSSR count). The van der Waals surface area contributed by atoms with Crippen LogP contribution in [0.2, 0.25) is 0 Å². The number of nitrogens with one attached hydrogen (secondary N) is 1. The van der Waals surface area contributed by atoms with Crippen LogP contribution in [0, 0.1) is 5.92 Å². The van der Waals surface area contributed by atoms with Gasteiger partial charge in [0, 0.05) is 36.2 Å². The van der Waals surface area contributed by atoms with Crippen molar-refractivity contribution in [1.29, 1.82) is 0 Å². The summed E-state index contributed by atoms with van der Waals surface area (Å²) >= 11 is 1.70. The Labute approximate surface area is 125 Å². The van der Waals surface area contributed by atoms with Crippen molar-refractivity contribution in [3.63, 3.8) is 0 Å². The average Bonchev–Trinajstić information content (AvgIpc) is 2.87. The number of aromatic nitrogens is 1. The summed E-state index contributed by atoms with van der Waals surface area (Å²) in [5.41, 5.74) is 7.01. The standard InChI is InChI=1S/C15H25N3OS/c1-10(2)15-18-13(9-20-15)6-7-17-14(19)11-4-3-5-12(16)8-11/h9-12H,3-8,16H2,1-2H3,(H,17,19). The third kappa shape index (κ3) is 4.28. The van der Waals surface area contributed by atoms with E-state index in [0.717, 1.165) is 37.8 Å². The van der Waals surface area contributed by atoms with Crippen LogP contribution in [0.3, 0.4) is 0 Å². The predicted octanol–water partition coefficient (Wildman–Crippen LogP) is 2.44. The Morgan fingerprint density at radius 3 is 3.00 bits per heavy atom. The average molecular weight is 295 g/mol. The van der Waals surface area contributed by atoms with E-state index in [0.29, 0.717) is 12.5 Å². The summed E-state index contributed by atoms with van der Waals surface area (Å²) in [5, 5.41) is 6.30. The predicted molar refractivity (Wildman–Crippen MR) is 82.9 cm³/mol. The third-order valence-electron chi connectivity index (χ3n) is 3.83. The fraction of sp³-hybridized carbons (Fsp3) is 0.733. The second-order valence-electron chi connectivity index (χ2n) is 6.00. The minimum Gasteiger partial charge on any atom is -0.355 e. The number of rotatable bonds is 5. The molecule has 1 aromatic rings. The first-order valence-corrected chi connectivity index (χ1v) is 8.41. The molecule has 0 aromatic carbocycles. The fourth-order valence-corrected chi connectivity index (χ4v) is 3.50. The van der Waals surface area contributed by atoms with Crippen molar-refractivity contribution >= 4 is 17.2 Å². The molecular formula is C15H25N3OS. The first-order chi connectivity index (χ1) is 9.56. The maximum absolute atomic E-state index is 12.1. The van der Waals surface area contributed by atoms with Crippen LogP contribution in [-0.2, 0) is 11.2 Å². The number of thiazole rings is 1. The topological polar surface area (TPSA) is 68.0 Å². The molecule has 112 valence electrons. The number of carbonyl (C=O) groups is 1. The van der Waals surface area contributed by atoms with Crippen LogP contribution in [0.25, 0.3) is 0 Å². The van der Waals surface area contributed by atoms with Gasteiger partial charge in [-0.15, -0.1) is 11.3 Å². The number of carbonyl (C=O) groups excluding carboxylic acids is 1. The summed E-state index contributed by atoms with van der Waals surface area (Å²) < 4.78 is 0. The van der Waals surface area contributed by atoms with Crippen LogP contribution in [0.4, 0.5) is 0 Å². The van der Waals surface area contributed by atoms with Crippen molar-refractivity contribution in [2.75, 3.05) is 6.54 Å². The van der Waals surface area contributed by atoms with Crippen molar-refractivity contribution in [3.05, 3.63) is 16.1 Å². The summed E-state index contributed by atoms with van der Waals surface area (Å²) in [7, 11) is 0. The van der Waals surface area contributed by atoms with E-state index >= 15 is 0 Å². The molecule has 0 aliphatic heterocycles. The molecule has 0 spiro atoms. The van der Waals surface area contributed by atoms with E-state index in [1.54, 1.807) is 11.3 Å². The lowest BCUT2D eigenvalue weighted by molar-refractivity contribution is -0.126. The third-order valence-corrected chi connectivity index (χ3v) is 5.02. The SMILES string of the molecule is CC(C)c1nc(CCNC(=O)C2CCCC(N)C2)cs1. The fourth-order valence-electron chi connectivity index (χ4n) is 2.63. The van der Waals surface area contributed by atoms with Gasteiger partial charge in [0.15, 0.2) is 0 Å². The summed E-state index contributed by atoms with van der Waals surface area (Å²) in [5.74, 6) is 0.756. The van der Waals surface area contributed by atoms with Gasteiger partial charge in [-0.3, -0.25) is 4.79 Å². The summed E-state index contributed by atoms with van der Waals surface area (Å²) in [6, 6.07) is 0.201. The van der Waals surface area contributed by atoms with Gasteiger partial charge in [-0.05, 0) is 19.3 Å². The zero-order chi connectivity index (χ0) is 14.5. The Kier molecular flexibility index (Phi) is 5.54. The minimum absolute atomic E-state index is 0.111. The first-order valence-electron chi connectivity index (χ1n) is 7.54. The molecule has 0 radical (unpaired) electrons. The zero-order valence-electron chi connectivity index (χ0n) is 12.4. The van der Waals surface area contributed by atoms with Crippen molar-refractivity contribution in [3.8, 4) is 0 Å². The molecule has 1 amide bonds. The first kappa shape index (κ1) is 15.4. The normalized spacial score (nSPS) is 23.0. The molecule has 2 atom stereocenters. The lowest BCUT2D eigenvalue weighted by atomic mass is 9.85. The van der Waals surface area contributed by atoms with Crippen LogP contribution in [0.1, 0.15) is 56.2 Å². The van der Waals surface area contributed by atoms with Crippen LogP contribution in [0.15, 0.2) is 5.38 Å². The molecule has 20 heavy (non-hydrogen) atoms. The van der Waals surface area contributed by atoms with Crippen molar-refractivity contribution in [2.24, 2.45) is 11.7 Å². The van der Waals surface area contributed by atoms with E-state index in [9.17, 15) is 4.79 Å². The van der Waals surface area contributed by atoms with E-state index in [-0.39, 0.29) is 17.9 Å². The molecule has 1 aliphatic carbocycles. The molecular weight excluding hydrogens is 270 g/mol. The number of nitrogens with zero attached hydrogens (tertiary/aromatic N) is 1. The molecule has 4 nitrogen and oxygen atoms in total. The van der Waals surface area contributed by atoms with Gasteiger partial charge in [0.25, 0.3) is 0 Å². The van der Waals surface area contributed by atoms with E-state index in [2.05, 4.69) is 29.5 Å². The zero-order valence-corrected chi connectivity index (χ0v) is 13.2. The molecule has 1 saturated carbocycles. The number of amides is 1. The van der Waals surface area contributed by atoms with E-state index in [4.69, 9.17) is 5.73 Å². The van der Waals surface area contributed by atoms with Gasteiger partial charge in [-0.25, -0.2) is 4.98 Å². The lowest BCUT2D eigenvalue weighted by Gasteiger charge is -2.25. The lowest BCUT2D eigenvalue weighted by Crippen LogP contribution is -2.38. The van der Waals surface area contributed by atoms with Crippen LogP contribution in [0.5, 0.6) is 0 Å². The van der Waals surface area contributed by atoms with Crippen molar-refractivity contribution < 1.29 is 4.79 Å². The van der Waals surface area contributed by atoms with Gasteiger partial charge in [0.2, 0.25) is 5.91 Å². The number of hydrogen-bond donors (Lipinski definition) is 2. The summed E-state index contributed by atoms with van der Waals surface area (Å²) in [6.07, 6.45) is 4.76. The molecule has 0 saturated heterocycles. The largest absolute Gasteiger partial charge is 0.355 e.